The highest BCUT2D eigenvalue weighted by Gasteiger charge is 2.04. The van der Waals surface area contributed by atoms with Crippen molar-refractivity contribution in [1.82, 2.24) is 0 Å². The monoisotopic (exact) mass is 292 g/mol. The summed E-state index contributed by atoms with van der Waals surface area (Å²) in [7, 11) is 0. The number of hydrogen-bond donors (Lipinski definition) is 2. The van der Waals surface area contributed by atoms with Gasteiger partial charge in [-0.2, -0.15) is 0 Å². The Hall–Kier alpha value is -1.72. The van der Waals surface area contributed by atoms with E-state index >= 15 is 0 Å². The second-order valence-electron chi connectivity index (χ2n) is 2.80. The summed E-state index contributed by atoms with van der Waals surface area (Å²) < 4.78 is 4.86. The average Bonchev–Trinajstić information content (AvgIpc) is 2.28. The summed E-state index contributed by atoms with van der Waals surface area (Å²) in [5.74, 6) is -1.72. The Morgan fingerprint density at radius 1 is 1.33 bits per heavy atom. The van der Waals surface area contributed by atoms with Crippen LogP contribution in [0.25, 0.3) is 0 Å². The molecule has 0 saturated carbocycles. The summed E-state index contributed by atoms with van der Waals surface area (Å²) in [5, 5.41) is 16.7. The van der Waals surface area contributed by atoms with Gasteiger partial charge in [-0.1, -0.05) is 29.8 Å². The van der Waals surface area contributed by atoms with E-state index in [0.717, 1.165) is 6.08 Å². The maximum Gasteiger partial charge on any atom is 0.341 e. The van der Waals surface area contributed by atoms with Gasteiger partial charge in [0.15, 0.2) is 6.61 Å². The molecule has 1 aromatic carbocycles. The topological polar surface area (TPSA) is 83.8 Å². The van der Waals surface area contributed by atoms with Crippen LogP contribution in [-0.4, -0.2) is 28.8 Å². The van der Waals surface area contributed by atoms with Gasteiger partial charge < -0.3 is 14.9 Å². The van der Waals surface area contributed by atoms with Crippen LogP contribution in [0.1, 0.15) is 0 Å². The molecule has 0 spiro atoms. The quantitative estimate of drug-likeness (QED) is 0.834. The van der Waals surface area contributed by atoms with Crippen LogP contribution in [0.3, 0.4) is 0 Å². The molecule has 1 aromatic rings. The maximum atomic E-state index is 10.2. The number of hydrogen-bond acceptors (Lipinski definition) is 3. The minimum atomic E-state index is -1.05. The molecule has 0 aliphatic rings. The number of halogens is 2. The first-order valence-corrected chi connectivity index (χ1v) is 5.27. The molecule has 2 N–H and O–H groups in total. The normalized spacial score (nSPS) is 8.78. The van der Waals surface area contributed by atoms with Gasteiger partial charge in [-0.3, -0.25) is 0 Å². The van der Waals surface area contributed by atoms with Crippen LogP contribution in [0.5, 0.6) is 5.75 Å². The summed E-state index contributed by atoms with van der Waals surface area (Å²) >= 11 is 11.3. The number of rotatable bonds is 4. The first-order chi connectivity index (χ1) is 8.36. The molecule has 0 atom stereocenters. The van der Waals surface area contributed by atoms with Crippen molar-refractivity contribution in [2.75, 3.05) is 6.61 Å². The molecule has 1 rings (SSSR count). The smallest absolute Gasteiger partial charge is 0.341 e. The standard InChI is InChI=1S/C8H6Cl2O3.C3H4O2/c9-5-1-2-7(6(10)3-5)13-4-8(11)12;1-2-3(4)5/h1-3H,4H2,(H,11,12);2H,1H2,(H,4,5). The molecular weight excluding hydrogens is 283 g/mol. The Bertz CT molecular complexity index is 445. The lowest BCUT2D eigenvalue weighted by molar-refractivity contribution is -0.139. The van der Waals surface area contributed by atoms with Crippen LogP contribution < -0.4 is 4.74 Å². The second kappa shape index (κ2) is 8.38. The average molecular weight is 293 g/mol. The molecule has 5 nitrogen and oxygen atoms in total. The Labute approximate surface area is 113 Å². The van der Waals surface area contributed by atoms with E-state index in [2.05, 4.69) is 6.58 Å². The summed E-state index contributed by atoms with van der Waals surface area (Å²) in [5.41, 5.74) is 0. The fourth-order valence-electron chi connectivity index (χ4n) is 0.732. The minimum absolute atomic E-state index is 0.300. The molecule has 18 heavy (non-hydrogen) atoms. The van der Waals surface area contributed by atoms with E-state index in [1.807, 2.05) is 0 Å². The van der Waals surface area contributed by atoms with Gasteiger partial charge in [-0.15, -0.1) is 0 Å². The minimum Gasteiger partial charge on any atom is -0.480 e. The van der Waals surface area contributed by atoms with Gasteiger partial charge in [0.1, 0.15) is 5.75 Å². The van der Waals surface area contributed by atoms with E-state index in [1.165, 1.54) is 12.1 Å². The van der Waals surface area contributed by atoms with Crippen LogP contribution >= 0.6 is 23.2 Å². The zero-order valence-electron chi connectivity index (χ0n) is 9.10. The molecule has 0 unspecified atom stereocenters. The number of aliphatic carboxylic acids is 2. The summed E-state index contributed by atoms with van der Waals surface area (Å²) in [6.45, 7) is 2.55. The Kier molecular flexibility index (Phi) is 7.58. The van der Waals surface area contributed by atoms with Crippen molar-refractivity contribution < 1.29 is 24.5 Å². The van der Waals surface area contributed by atoms with Crippen LogP contribution in [0.4, 0.5) is 0 Å². The van der Waals surface area contributed by atoms with Crippen LogP contribution in [-0.2, 0) is 9.59 Å². The molecule has 0 aliphatic heterocycles. The Balaban J connectivity index is 0.000000494. The summed E-state index contributed by atoms with van der Waals surface area (Å²) in [4.78, 5) is 19.4. The molecule has 0 aliphatic carbocycles. The molecule has 7 heteroatoms. The first-order valence-electron chi connectivity index (χ1n) is 4.51. The third-order valence-electron chi connectivity index (χ3n) is 1.42. The zero-order chi connectivity index (χ0) is 14.1. The predicted molar refractivity (Wildman–Crippen MR) is 67.4 cm³/mol. The molecular formula is C11H10Cl2O5. The number of ether oxygens (including phenoxy) is 1. The van der Waals surface area contributed by atoms with Crippen molar-refractivity contribution in [3.63, 3.8) is 0 Å². The molecule has 0 saturated heterocycles. The van der Waals surface area contributed by atoms with E-state index in [-0.39, 0.29) is 0 Å². The van der Waals surface area contributed by atoms with E-state index in [4.69, 9.17) is 38.2 Å². The van der Waals surface area contributed by atoms with Gasteiger partial charge >= 0.3 is 11.9 Å². The highest BCUT2D eigenvalue weighted by atomic mass is 35.5. The highest BCUT2D eigenvalue weighted by Crippen LogP contribution is 2.27. The van der Waals surface area contributed by atoms with Gasteiger partial charge in [0.25, 0.3) is 0 Å². The molecule has 0 aromatic heterocycles. The van der Waals surface area contributed by atoms with Crippen LogP contribution in [0.2, 0.25) is 10.0 Å². The van der Waals surface area contributed by atoms with Crippen molar-refractivity contribution in [3.8, 4) is 5.75 Å². The van der Waals surface area contributed by atoms with E-state index < -0.39 is 18.5 Å². The van der Waals surface area contributed by atoms with Gasteiger partial charge in [-0.05, 0) is 18.2 Å². The van der Waals surface area contributed by atoms with Gasteiger partial charge in [0.2, 0.25) is 0 Å². The van der Waals surface area contributed by atoms with Gasteiger partial charge in [0, 0.05) is 11.1 Å². The zero-order valence-corrected chi connectivity index (χ0v) is 10.6. The second-order valence-corrected chi connectivity index (χ2v) is 3.64. The predicted octanol–water partition coefficient (Wildman–Crippen LogP) is 2.71. The summed E-state index contributed by atoms with van der Waals surface area (Å²) in [6, 6.07) is 4.58. The Morgan fingerprint density at radius 3 is 2.28 bits per heavy atom. The SMILES string of the molecule is C=CC(=O)O.O=C(O)COc1ccc(Cl)cc1Cl. The largest absolute Gasteiger partial charge is 0.480 e. The third-order valence-corrected chi connectivity index (χ3v) is 1.95. The number of carboxylic acid groups (broad SMARTS) is 2. The summed E-state index contributed by atoms with van der Waals surface area (Å²) in [6.07, 6.45) is 0.833. The van der Waals surface area contributed by atoms with Crippen molar-refractivity contribution in [1.29, 1.82) is 0 Å². The highest BCUT2D eigenvalue weighted by molar-refractivity contribution is 6.35. The van der Waals surface area contributed by atoms with Crippen molar-refractivity contribution in [2.45, 2.75) is 0 Å². The van der Waals surface area contributed by atoms with Crippen LogP contribution in [0, 0.1) is 0 Å². The Morgan fingerprint density at radius 2 is 1.89 bits per heavy atom. The number of carboxylic acids is 2. The van der Waals surface area contributed by atoms with Crippen molar-refractivity contribution in [2.24, 2.45) is 0 Å². The third kappa shape index (κ3) is 7.54. The van der Waals surface area contributed by atoms with Gasteiger partial charge in [-0.25, -0.2) is 9.59 Å². The molecule has 0 bridgehead atoms. The lowest BCUT2D eigenvalue weighted by atomic mass is 10.3. The number of benzene rings is 1. The van der Waals surface area contributed by atoms with Crippen molar-refractivity contribution >= 4 is 35.1 Å². The maximum absolute atomic E-state index is 10.2. The fraction of sp³-hybridized carbons (Fsp3) is 0.0909. The molecule has 0 heterocycles. The van der Waals surface area contributed by atoms with E-state index in [9.17, 15) is 9.59 Å². The molecule has 0 fully saturated rings. The lowest BCUT2D eigenvalue weighted by Gasteiger charge is -2.04. The van der Waals surface area contributed by atoms with E-state index in [0.29, 0.717) is 15.8 Å². The molecule has 98 valence electrons. The molecule has 0 amide bonds. The van der Waals surface area contributed by atoms with E-state index in [1.54, 1.807) is 6.07 Å². The van der Waals surface area contributed by atoms with Crippen LogP contribution in [0.15, 0.2) is 30.9 Å². The van der Waals surface area contributed by atoms with Gasteiger partial charge in [0.05, 0.1) is 5.02 Å². The lowest BCUT2D eigenvalue weighted by Crippen LogP contribution is -2.09. The first kappa shape index (κ1) is 16.3. The number of carbonyl (C=O) groups is 2. The molecule has 0 radical (unpaired) electrons. The fourth-order valence-corrected chi connectivity index (χ4v) is 1.19. The van der Waals surface area contributed by atoms with Crippen molar-refractivity contribution in [3.05, 3.63) is 40.9 Å².